The zero-order valence-electron chi connectivity index (χ0n) is 19.4. The van der Waals surface area contributed by atoms with Gasteiger partial charge in [0.25, 0.3) is 5.91 Å². The van der Waals surface area contributed by atoms with Gasteiger partial charge in [-0.25, -0.2) is 4.79 Å². The third-order valence-electron chi connectivity index (χ3n) is 6.56. The summed E-state index contributed by atoms with van der Waals surface area (Å²) in [4.78, 5) is 29.7. The highest BCUT2D eigenvalue weighted by Crippen LogP contribution is 2.56. The lowest BCUT2D eigenvalue weighted by Crippen LogP contribution is -2.82. The van der Waals surface area contributed by atoms with Crippen molar-refractivity contribution in [2.24, 2.45) is 0 Å². The van der Waals surface area contributed by atoms with Crippen LogP contribution in [0, 0.1) is 0 Å². The second kappa shape index (κ2) is 8.47. The van der Waals surface area contributed by atoms with E-state index in [1.807, 2.05) is 67.6 Å². The van der Waals surface area contributed by atoms with Crippen LogP contribution in [0.15, 0.2) is 59.8 Å². The number of carbonyl (C=O) groups excluding carboxylic acids is 2. The first-order valence-corrected chi connectivity index (χ1v) is 12.3. The van der Waals surface area contributed by atoms with Gasteiger partial charge in [-0.05, 0) is 49.9 Å². The van der Waals surface area contributed by atoms with Gasteiger partial charge >= 0.3 is 5.97 Å². The van der Waals surface area contributed by atoms with Crippen LogP contribution < -0.4 is 14.2 Å². The first-order chi connectivity index (χ1) is 16.4. The van der Waals surface area contributed by atoms with Crippen LogP contribution in [0.3, 0.4) is 0 Å². The Morgan fingerprint density at radius 1 is 1.18 bits per heavy atom. The topological polar surface area (TPSA) is 77.5 Å². The number of esters is 1. The standard InChI is InChI=1S/C25H26N2O6S/c1-5-30-24(29)20-15(2)26(3)25(34-4)22(33-17-9-7-6-8-10-17)23(28)27(25)21(20)16-11-12-18-19(13-16)32-14-31-18/h6-13,21-22H,5,14H2,1-4H3/t21?,22-,25-/m1/s1. The van der Waals surface area contributed by atoms with Crippen molar-refractivity contribution in [3.63, 3.8) is 0 Å². The molecule has 9 heteroatoms. The molecule has 0 saturated carbocycles. The third-order valence-corrected chi connectivity index (χ3v) is 7.84. The summed E-state index contributed by atoms with van der Waals surface area (Å²) < 4.78 is 22.7. The van der Waals surface area contributed by atoms with E-state index in [4.69, 9.17) is 18.9 Å². The van der Waals surface area contributed by atoms with E-state index >= 15 is 0 Å². The second-order valence-electron chi connectivity index (χ2n) is 8.18. The third kappa shape index (κ3) is 3.14. The van der Waals surface area contributed by atoms with Crippen molar-refractivity contribution >= 4 is 23.6 Å². The van der Waals surface area contributed by atoms with Crippen LogP contribution in [0.1, 0.15) is 25.5 Å². The highest BCUT2D eigenvalue weighted by atomic mass is 32.2. The molecule has 1 unspecified atom stereocenters. The van der Waals surface area contributed by atoms with E-state index in [2.05, 4.69) is 0 Å². The predicted molar refractivity (Wildman–Crippen MR) is 126 cm³/mol. The van der Waals surface area contributed by atoms with Crippen LogP contribution in [0.25, 0.3) is 0 Å². The van der Waals surface area contributed by atoms with Crippen molar-refractivity contribution in [3.8, 4) is 17.2 Å². The quantitative estimate of drug-likeness (QED) is 0.457. The van der Waals surface area contributed by atoms with Gasteiger partial charge < -0.3 is 23.8 Å². The van der Waals surface area contributed by atoms with E-state index in [9.17, 15) is 9.59 Å². The van der Waals surface area contributed by atoms with Crippen molar-refractivity contribution in [2.45, 2.75) is 31.0 Å². The summed E-state index contributed by atoms with van der Waals surface area (Å²) in [6.45, 7) is 4.01. The summed E-state index contributed by atoms with van der Waals surface area (Å²) in [6, 6.07) is 14.1. The normalized spacial score (nSPS) is 25.1. The number of carbonyl (C=O) groups is 2. The van der Waals surface area contributed by atoms with Crippen molar-refractivity contribution in [3.05, 3.63) is 65.4 Å². The van der Waals surface area contributed by atoms with Gasteiger partial charge in [-0.3, -0.25) is 9.69 Å². The minimum absolute atomic E-state index is 0.135. The molecule has 0 bridgehead atoms. The molecule has 1 saturated heterocycles. The monoisotopic (exact) mass is 482 g/mol. The molecule has 0 aromatic heterocycles. The molecular formula is C25H26N2O6S. The maximum atomic E-state index is 13.7. The average Bonchev–Trinajstić information content (AvgIpc) is 3.32. The van der Waals surface area contributed by atoms with E-state index in [-0.39, 0.29) is 19.3 Å². The van der Waals surface area contributed by atoms with Crippen LogP contribution in [0.2, 0.25) is 0 Å². The van der Waals surface area contributed by atoms with Crippen molar-refractivity contribution < 1.29 is 28.5 Å². The molecule has 0 radical (unpaired) electrons. The zero-order chi connectivity index (χ0) is 24.0. The van der Waals surface area contributed by atoms with Gasteiger partial charge in [0.2, 0.25) is 17.9 Å². The summed E-state index contributed by atoms with van der Waals surface area (Å²) in [7, 11) is 1.88. The van der Waals surface area contributed by atoms with E-state index in [1.54, 1.807) is 17.9 Å². The number of benzene rings is 2. The summed E-state index contributed by atoms with van der Waals surface area (Å²) >= 11 is 1.50. The highest BCUT2D eigenvalue weighted by Gasteiger charge is 2.70. The maximum Gasteiger partial charge on any atom is 0.338 e. The lowest BCUT2D eigenvalue weighted by molar-refractivity contribution is -0.193. The molecule has 3 atom stereocenters. The number of para-hydroxylation sites is 1. The first-order valence-electron chi connectivity index (χ1n) is 11.0. The number of ether oxygens (including phenoxy) is 4. The molecule has 0 spiro atoms. The van der Waals surface area contributed by atoms with E-state index in [0.29, 0.717) is 22.8 Å². The number of hydrogen-bond acceptors (Lipinski definition) is 8. The number of rotatable bonds is 6. The van der Waals surface area contributed by atoms with Crippen molar-refractivity contribution in [1.82, 2.24) is 9.80 Å². The number of β-lactam (4-membered cyclic amide) rings is 1. The molecule has 1 amide bonds. The number of fused-ring (bicyclic) bond motifs is 2. The summed E-state index contributed by atoms with van der Waals surface area (Å²) in [5.74, 6) is 1.16. The Bertz CT molecular complexity index is 1170. The van der Waals surface area contributed by atoms with Crippen LogP contribution in [-0.4, -0.2) is 59.5 Å². The van der Waals surface area contributed by atoms with Gasteiger partial charge in [0.15, 0.2) is 11.5 Å². The Morgan fingerprint density at radius 3 is 2.62 bits per heavy atom. The van der Waals surface area contributed by atoms with Crippen LogP contribution in [0.4, 0.5) is 0 Å². The first kappa shape index (κ1) is 22.5. The van der Waals surface area contributed by atoms with Gasteiger partial charge in [-0.2, -0.15) is 0 Å². The highest BCUT2D eigenvalue weighted by molar-refractivity contribution is 8.00. The van der Waals surface area contributed by atoms with E-state index < -0.39 is 23.1 Å². The van der Waals surface area contributed by atoms with Gasteiger partial charge in [0, 0.05) is 12.7 Å². The Morgan fingerprint density at radius 2 is 1.91 bits per heavy atom. The molecule has 3 aliphatic rings. The minimum atomic E-state index is -0.853. The summed E-state index contributed by atoms with van der Waals surface area (Å²) in [5, 5.41) is 0. The van der Waals surface area contributed by atoms with Gasteiger partial charge in [-0.15, -0.1) is 11.8 Å². The van der Waals surface area contributed by atoms with Crippen molar-refractivity contribution in [1.29, 1.82) is 0 Å². The molecule has 0 aliphatic carbocycles. The second-order valence-corrected chi connectivity index (χ2v) is 9.18. The maximum absolute atomic E-state index is 13.7. The fourth-order valence-corrected chi connectivity index (χ4v) is 6.04. The number of allylic oxidation sites excluding steroid dienone is 1. The molecule has 178 valence electrons. The zero-order valence-corrected chi connectivity index (χ0v) is 20.3. The van der Waals surface area contributed by atoms with E-state index in [0.717, 1.165) is 11.3 Å². The van der Waals surface area contributed by atoms with E-state index in [1.165, 1.54) is 11.8 Å². The van der Waals surface area contributed by atoms with Gasteiger partial charge in [0.1, 0.15) is 5.75 Å². The lowest BCUT2D eigenvalue weighted by atomic mass is 9.85. The number of likely N-dealkylation sites (N-methyl/N-ethyl adjacent to an activating group) is 1. The van der Waals surface area contributed by atoms with Gasteiger partial charge in [-0.1, -0.05) is 24.3 Å². The molecule has 2 aromatic rings. The molecule has 5 rings (SSSR count). The Hall–Kier alpha value is -3.33. The summed E-state index contributed by atoms with van der Waals surface area (Å²) in [5.41, 5.74) is 1.88. The fraction of sp³-hybridized carbons (Fsp3) is 0.360. The predicted octanol–water partition coefficient (Wildman–Crippen LogP) is 3.55. The molecule has 8 nitrogen and oxygen atoms in total. The molecule has 1 fully saturated rings. The Balaban J connectivity index is 1.64. The lowest BCUT2D eigenvalue weighted by Gasteiger charge is -2.64. The van der Waals surface area contributed by atoms with Gasteiger partial charge in [0.05, 0.1) is 18.2 Å². The Labute approximate surface area is 202 Å². The molecule has 0 N–H and O–H groups in total. The van der Waals surface area contributed by atoms with Crippen LogP contribution >= 0.6 is 11.8 Å². The largest absolute Gasteiger partial charge is 0.475 e. The number of thioether (sulfide) groups is 1. The molecule has 3 heterocycles. The number of amides is 1. The van der Waals surface area contributed by atoms with Crippen molar-refractivity contribution in [2.75, 3.05) is 26.7 Å². The average molecular weight is 483 g/mol. The number of nitrogens with zero attached hydrogens (tertiary/aromatic N) is 2. The smallest absolute Gasteiger partial charge is 0.338 e. The fourth-order valence-electron chi connectivity index (χ4n) is 4.87. The Kier molecular flexibility index (Phi) is 5.59. The molecule has 3 aliphatic heterocycles. The minimum Gasteiger partial charge on any atom is -0.475 e. The number of hydrogen-bond donors (Lipinski definition) is 0. The molecular weight excluding hydrogens is 456 g/mol. The van der Waals surface area contributed by atoms with Crippen LogP contribution in [0.5, 0.6) is 17.2 Å². The van der Waals surface area contributed by atoms with Crippen LogP contribution in [-0.2, 0) is 14.3 Å². The molecule has 2 aromatic carbocycles. The SMILES string of the molecule is CCOC(=O)C1=C(C)N(C)[C@]2(SC)[C@H](Oc3ccccc3)C(=O)N2C1c1ccc2c(c1)OCO2. The summed E-state index contributed by atoms with van der Waals surface area (Å²) in [6.07, 6.45) is 1.18. The molecule has 34 heavy (non-hydrogen) atoms.